The summed E-state index contributed by atoms with van der Waals surface area (Å²) in [7, 11) is -1.56. The molecule has 3 N–H and O–H groups in total. The molecule has 0 saturated carbocycles. The fourth-order valence-corrected chi connectivity index (χ4v) is 6.91. The van der Waals surface area contributed by atoms with Crippen LogP contribution >= 0.6 is 22.4 Å². The number of benzene rings is 3. The highest BCUT2D eigenvalue weighted by Gasteiger charge is 2.34. The summed E-state index contributed by atoms with van der Waals surface area (Å²) in [5.41, 5.74) is 4.46. The Morgan fingerprint density at radius 2 is 1.97 bits per heavy atom. The van der Waals surface area contributed by atoms with Gasteiger partial charge in [0.15, 0.2) is 0 Å². The second-order valence-electron chi connectivity index (χ2n) is 9.60. The number of rotatable bonds is 6. The Balaban J connectivity index is 1.54. The minimum absolute atomic E-state index is 0.175. The molecule has 2 heterocycles. The Bertz CT molecular complexity index is 1520. The normalized spacial score (nSPS) is 18.8. The van der Waals surface area contributed by atoms with E-state index in [9.17, 15) is 19.0 Å². The monoisotopic (exact) mass is 556 g/mol. The lowest BCUT2D eigenvalue weighted by atomic mass is 9.86. The Morgan fingerprint density at radius 1 is 1.21 bits per heavy atom. The van der Waals surface area contributed by atoms with Crippen molar-refractivity contribution in [3.05, 3.63) is 81.9 Å². The quantitative estimate of drug-likeness (QED) is 0.271. The molecule has 1 aliphatic rings. The van der Waals surface area contributed by atoms with Crippen molar-refractivity contribution in [3.8, 4) is 5.75 Å². The van der Waals surface area contributed by atoms with Crippen molar-refractivity contribution < 1.29 is 23.7 Å². The lowest BCUT2D eigenvalue weighted by Crippen LogP contribution is -2.33. The van der Waals surface area contributed by atoms with Gasteiger partial charge in [0.2, 0.25) is 0 Å². The van der Waals surface area contributed by atoms with E-state index in [-0.39, 0.29) is 19.1 Å². The molecule has 2 atom stereocenters. The fourth-order valence-electron chi connectivity index (χ4n) is 4.92. The smallest absolute Gasteiger partial charge is 0.304 e. The molecule has 4 aromatic rings. The summed E-state index contributed by atoms with van der Waals surface area (Å²) in [6.07, 6.45) is -0.448. The van der Waals surface area contributed by atoms with Crippen LogP contribution in [0.3, 0.4) is 0 Å². The van der Waals surface area contributed by atoms with E-state index in [4.69, 9.17) is 16.3 Å². The van der Waals surface area contributed by atoms with Gasteiger partial charge in [0.05, 0.1) is 23.5 Å². The van der Waals surface area contributed by atoms with Crippen LogP contribution in [0.4, 0.5) is 0 Å². The molecule has 200 valence electrons. The molecule has 38 heavy (non-hydrogen) atoms. The first-order chi connectivity index (χ1) is 18.1. The SMILES string of the molecule is Cc1ccc(C(CC(=O)O)c2ccc3c(nnn3C)c2Cl)cc1CN1C[C@@H](C)Oc2ccccc2S1(O)O. The zero-order valence-corrected chi connectivity index (χ0v) is 22.8. The maximum atomic E-state index is 11.9. The average Bonchev–Trinajstić information content (AvgIpc) is 3.21. The fraction of sp³-hybridized carbons (Fsp3) is 0.296. The van der Waals surface area contributed by atoms with Gasteiger partial charge in [0, 0.05) is 19.5 Å². The number of carbonyl (C=O) groups is 1. The minimum atomic E-state index is -3.32. The summed E-state index contributed by atoms with van der Waals surface area (Å²) in [6.45, 7) is 4.37. The van der Waals surface area contributed by atoms with E-state index in [2.05, 4.69) is 10.3 Å². The molecule has 0 spiro atoms. The van der Waals surface area contributed by atoms with Gasteiger partial charge in [-0.25, -0.2) is 4.68 Å². The number of aliphatic carboxylic acids is 1. The van der Waals surface area contributed by atoms with Crippen molar-refractivity contribution >= 4 is 39.4 Å². The molecule has 9 nitrogen and oxygen atoms in total. The minimum Gasteiger partial charge on any atom is -0.487 e. The highest BCUT2D eigenvalue weighted by Crippen LogP contribution is 2.57. The topological polar surface area (TPSA) is 121 Å². The molecule has 0 bridgehead atoms. The highest BCUT2D eigenvalue weighted by atomic mass is 35.5. The van der Waals surface area contributed by atoms with Gasteiger partial charge in [-0.1, -0.05) is 53.2 Å². The molecule has 3 aromatic carbocycles. The second-order valence-corrected chi connectivity index (χ2v) is 12.0. The summed E-state index contributed by atoms with van der Waals surface area (Å²) in [4.78, 5) is 12.3. The van der Waals surface area contributed by atoms with Crippen LogP contribution in [0.1, 0.15) is 41.5 Å². The number of hydrogen-bond acceptors (Lipinski definition) is 7. The maximum absolute atomic E-state index is 11.9. The summed E-state index contributed by atoms with van der Waals surface area (Å²) in [6, 6.07) is 16.4. The van der Waals surface area contributed by atoms with Crippen LogP contribution in [0.15, 0.2) is 59.5 Å². The number of hydrogen-bond donors (Lipinski definition) is 3. The number of carboxylic acids is 1. The van der Waals surface area contributed by atoms with Crippen LogP contribution in [-0.4, -0.2) is 52.1 Å². The van der Waals surface area contributed by atoms with Crippen molar-refractivity contribution in [1.29, 1.82) is 0 Å². The van der Waals surface area contributed by atoms with E-state index < -0.39 is 22.7 Å². The van der Waals surface area contributed by atoms with Gasteiger partial charge in [-0.2, -0.15) is 4.31 Å². The third-order valence-corrected chi connectivity index (χ3v) is 9.24. The molecule has 5 rings (SSSR count). The Labute approximate surface area is 227 Å². The number of halogens is 1. The van der Waals surface area contributed by atoms with Gasteiger partial charge < -0.3 is 9.84 Å². The van der Waals surface area contributed by atoms with Crippen molar-refractivity contribution in [2.24, 2.45) is 7.05 Å². The van der Waals surface area contributed by atoms with Crippen molar-refractivity contribution in [3.63, 3.8) is 0 Å². The molecule has 1 unspecified atom stereocenters. The third-order valence-electron chi connectivity index (χ3n) is 6.92. The number of aromatic nitrogens is 3. The second kappa shape index (κ2) is 10.2. The van der Waals surface area contributed by atoms with E-state index in [1.807, 2.05) is 44.2 Å². The molecule has 1 aromatic heterocycles. The molecule has 0 radical (unpaired) electrons. The zero-order valence-electron chi connectivity index (χ0n) is 21.2. The molecule has 0 saturated heterocycles. The predicted molar refractivity (Wildman–Crippen MR) is 147 cm³/mol. The molecule has 1 aliphatic heterocycles. The third kappa shape index (κ3) is 4.85. The van der Waals surface area contributed by atoms with E-state index >= 15 is 0 Å². The Kier molecular flexibility index (Phi) is 7.10. The first-order valence-electron chi connectivity index (χ1n) is 12.1. The summed E-state index contributed by atoms with van der Waals surface area (Å²) < 4.78 is 31.9. The standard InChI is InChI=1S/C27H29ClN4O5S/c1-16-8-9-18(21(13-25(33)34)20-10-11-22-27(26(20)28)29-30-31(22)3)12-19(16)15-32-14-17(2)37-23-6-4-5-7-24(23)38(32,35)36/h4-12,17,21,35-36H,13-15H2,1-3H3,(H,33,34)/t17-,21?/m1/s1. The molecule has 11 heteroatoms. The van der Waals surface area contributed by atoms with Crippen LogP contribution < -0.4 is 4.74 Å². The summed E-state index contributed by atoms with van der Waals surface area (Å²) in [5.74, 6) is -1.04. The van der Waals surface area contributed by atoms with Crippen LogP contribution in [0.25, 0.3) is 11.0 Å². The Morgan fingerprint density at radius 3 is 2.74 bits per heavy atom. The molecular formula is C27H29ClN4O5S. The van der Waals surface area contributed by atoms with Crippen LogP contribution in [0.2, 0.25) is 5.02 Å². The number of nitrogens with zero attached hydrogens (tertiary/aromatic N) is 4. The summed E-state index contributed by atoms with van der Waals surface area (Å²) >= 11 is 6.74. The van der Waals surface area contributed by atoms with E-state index in [0.717, 1.165) is 22.2 Å². The Hall–Kier alpha value is -3.15. The number of carboxylic acid groups (broad SMARTS) is 1. The largest absolute Gasteiger partial charge is 0.487 e. The first-order valence-corrected chi connectivity index (χ1v) is 14.0. The van der Waals surface area contributed by atoms with Gasteiger partial charge >= 0.3 is 5.97 Å². The van der Waals surface area contributed by atoms with Gasteiger partial charge in [-0.05, 0) is 54.3 Å². The zero-order chi connectivity index (χ0) is 27.2. The average molecular weight is 557 g/mol. The van der Waals surface area contributed by atoms with Crippen molar-refractivity contribution in [2.45, 2.75) is 43.7 Å². The maximum Gasteiger partial charge on any atom is 0.304 e. The van der Waals surface area contributed by atoms with E-state index in [1.165, 1.54) is 0 Å². The molecule has 0 fully saturated rings. The molecular weight excluding hydrogens is 528 g/mol. The molecule has 0 aliphatic carbocycles. The molecule has 0 amide bonds. The lowest BCUT2D eigenvalue weighted by molar-refractivity contribution is -0.137. The van der Waals surface area contributed by atoms with Gasteiger partial charge in [0.25, 0.3) is 0 Å². The number of para-hydroxylation sites is 1. The summed E-state index contributed by atoms with van der Waals surface area (Å²) in [5, 5.41) is 18.3. The van der Waals surface area contributed by atoms with Gasteiger partial charge in [-0.3, -0.25) is 13.9 Å². The van der Waals surface area contributed by atoms with Crippen LogP contribution in [0.5, 0.6) is 5.75 Å². The van der Waals surface area contributed by atoms with Crippen LogP contribution in [0, 0.1) is 6.92 Å². The van der Waals surface area contributed by atoms with Crippen molar-refractivity contribution in [1.82, 2.24) is 19.3 Å². The van der Waals surface area contributed by atoms with Gasteiger partial charge in [0.1, 0.15) is 22.3 Å². The van der Waals surface area contributed by atoms with E-state index in [1.54, 1.807) is 40.3 Å². The highest BCUT2D eigenvalue weighted by molar-refractivity contribution is 8.22. The number of fused-ring (bicyclic) bond motifs is 2. The number of ether oxygens (including phenoxy) is 1. The predicted octanol–water partition coefficient (Wildman–Crippen LogP) is 5.84. The first kappa shape index (κ1) is 26.5. The van der Waals surface area contributed by atoms with E-state index in [0.29, 0.717) is 33.3 Å². The van der Waals surface area contributed by atoms with Gasteiger partial charge in [-0.15, -0.1) is 15.9 Å². The van der Waals surface area contributed by atoms with Crippen molar-refractivity contribution in [2.75, 3.05) is 6.54 Å². The van der Waals surface area contributed by atoms with Crippen LogP contribution in [-0.2, 0) is 18.4 Å². The number of aryl methyl sites for hydroxylation is 2. The lowest BCUT2D eigenvalue weighted by Gasteiger charge is -2.42.